The maximum Gasteiger partial charge on any atom is 0.707 e. The fraction of sp³-hybridized carbons (Fsp3) is 0.571. The summed E-state index contributed by atoms with van der Waals surface area (Å²) in [6, 6.07) is 7.49. The molecule has 0 spiro atoms. The SMILES string of the molecule is CCCCCCCCc1ccc(OB(O)O)cc1. The Morgan fingerprint density at radius 1 is 0.944 bits per heavy atom. The molecular formula is C14H23BO3. The lowest BCUT2D eigenvalue weighted by Gasteiger charge is -2.06. The number of hydrogen-bond acceptors (Lipinski definition) is 3. The van der Waals surface area contributed by atoms with E-state index in [1.54, 1.807) is 12.1 Å². The van der Waals surface area contributed by atoms with Gasteiger partial charge >= 0.3 is 7.32 Å². The normalized spacial score (nSPS) is 10.4. The summed E-state index contributed by atoms with van der Waals surface area (Å²) in [4.78, 5) is 0. The lowest BCUT2D eigenvalue weighted by atomic mass is 10.0. The molecular weight excluding hydrogens is 227 g/mol. The van der Waals surface area contributed by atoms with Crippen molar-refractivity contribution in [3.63, 3.8) is 0 Å². The molecule has 0 aliphatic carbocycles. The summed E-state index contributed by atoms with van der Waals surface area (Å²) in [5.41, 5.74) is 1.27. The van der Waals surface area contributed by atoms with E-state index in [2.05, 4.69) is 6.92 Å². The van der Waals surface area contributed by atoms with Gasteiger partial charge in [-0.05, 0) is 30.5 Å². The Kier molecular flexibility index (Phi) is 7.54. The molecule has 0 saturated carbocycles. The van der Waals surface area contributed by atoms with Crippen molar-refractivity contribution < 1.29 is 14.7 Å². The molecule has 0 aromatic heterocycles. The van der Waals surface area contributed by atoms with Crippen LogP contribution in [0, 0.1) is 0 Å². The van der Waals surface area contributed by atoms with Gasteiger partial charge < -0.3 is 14.7 Å². The van der Waals surface area contributed by atoms with Gasteiger partial charge in [0.2, 0.25) is 0 Å². The van der Waals surface area contributed by atoms with Gasteiger partial charge in [-0.1, -0.05) is 51.2 Å². The second kappa shape index (κ2) is 9.00. The van der Waals surface area contributed by atoms with Crippen LogP contribution in [0.5, 0.6) is 5.75 Å². The highest BCUT2D eigenvalue weighted by atomic mass is 16.6. The summed E-state index contributed by atoms with van der Waals surface area (Å²) in [7, 11) is -1.74. The first kappa shape index (κ1) is 15.1. The lowest BCUT2D eigenvalue weighted by molar-refractivity contribution is 0.288. The van der Waals surface area contributed by atoms with Gasteiger partial charge in [0, 0.05) is 0 Å². The van der Waals surface area contributed by atoms with Gasteiger partial charge in [-0.3, -0.25) is 0 Å². The molecule has 1 rings (SSSR count). The van der Waals surface area contributed by atoms with Crippen molar-refractivity contribution in [3.8, 4) is 5.75 Å². The molecule has 0 atom stereocenters. The molecule has 0 heterocycles. The van der Waals surface area contributed by atoms with Crippen LogP contribution in [-0.4, -0.2) is 17.4 Å². The van der Waals surface area contributed by atoms with Gasteiger partial charge in [-0.25, -0.2) is 0 Å². The van der Waals surface area contributed by atoms with Crippen LogP contribution < -0.4 is 4.65 Å². The molecule has 0 amide bonds. The first-order valence-corrected chi connectivity index (χ1v) is 6.84. The zero-order valence-electron chi connectivity index (χ0n) is 11.1. The molecule has 100 valence electrons. The van der Waals surface area contributed by atoms with Crippen LogP contribution in [0.1, 0.15) is 51.0 Å². The summed E-state index contributed by atoms with van der Waals surface area (Å²) in [5, 5.41) is 17.3. The minimum absolute atomic E-state index is 0.483. The highest BCUT2D eigenvalue weighted by molar-refractivity contribution is 6.33. The highest BCUT2D eigenvalue weighted by Crippen LogP contribution is 2.15. The summed E-state index contributed by atoms with van der Waals surface area (Å²) < 4.78 is 4.75. The number of rotatable bonds is 9. The maximum atomic E-state index is 8.65. The van der Waals surface area contributed by atoms with E-state index in [4.69, 9.17) is 14.7 Å². The molecule has 0 aliphatic rings. The zero-order valence-corrected chi connectivity index (χ0v) is 11.1. The van der Waals surface area contributed by atoms with E-state index in [0.717, 1.165) is 6.42 Å². The Morgan fingerprint density at radius 3 is 2.17 bits per heavy atom. The molecule has 3 nitrogen and oxygen atoms in total. The van der Waals surface area contributed by atoms with Crippen LogP contribution in [0.25, 0.3) is 0 Å². The predicted molar refractivity (Wildman–Crippen MR) is 74.3 cm³/mol. The van der Waals surface area contributed by atoms with Crippen LogP contribution in [0.3, 0.4) is 0 Å². The second-order valence-electron chi connectivity index (χ2n) is 4.61. The van der Waals surface area contributed by atoms with Gasteiger partial charge in [0.05, 0.1) is 0 Å². The minimum Gasteiger partial charge on any atom is -0.512 e. The molecule has 1 aromatic rings. The second-order valence-corrected chi connectivity index (χ2v) is 4.61. The Morgan fingerprint density at radius 2 is 1.56 bits per heavy atom. The maximum absolute atomic E-state index is 8.65. The topological polar surface area (TPSA) is 49.7 Å². The fourth-order valence-corrected chi connectivity index (χ4v) is 1.97. The fourth-order valence-electron chi connectivity index (χ4n) is 1.97. The van der Waals surface area contributed by atoms with Gasteiger partial charge in [-0.15, -0.1) is 0 Å². The lowest BCUT2D eigenvalue weighted by Crippen LogP contribution is -2.20. The van der Waals surface area contributed by atoms with Crippen LogP contribution >= 0.6 is 0 Å². The number of unbranched alkanes of at least 4 members (excludes halogenated alkanes) is 5. The quantitative estimate of drug-likeness (QED) is 0.523. The van der Waals surface area contributed by atoms with E-state index in [9.17, 15) is 0 Å². The number of aryl methyl sites for hydroxylation is 1. The van der Waals surface area contributed by atoms with E-state index in [0.29, 0.717) is 5.75 Å². The summed E-state index contributed by atoms with van der Waals surface area (Å²) in [5.74, 6) is 0.483. The summed E-state index contributed by atoms with van der Waals surface area (Å²) >= 11 is 0. The Hall–Kier alpha value is -0.995. The van der Waals surface area contributed by atoms with Crippen LogP contribution in [0.2, 0.25) is 0 Å². The van der Waals surface area contributed by atoms with E-state index in [-0.39, 0.29) is 0 Å². The first-order valence-electron chi connectivity index (χ1n) is 6.84. The largest absolute Gasteiger partial charge is 0.707 e. The van der Waals surface area contributed by atoms with Crippen LogP contribution in [0.15, 0.2) is 24.3 Å². The number of hydrogen-bond donors (Lipinski definition) is 2. The average Bonchev–Trinajstić information content (AvgIpc) is 2.35. The van der Waals surface area contributed by atoms with E-state index in [1.807, 2.05) is 12.1 Å². The molecule has 0 radical (unpaired) electrons. The van der Waals surface area contributed by atoms with E-state index >= 15 is 0 Å². The van der Waals surface area contributed by atoms with Crippen molar-refractivity contribution in [1.29, 1.82) is 0 Å². The van der Waals surface area contributed by atoms with E-state index < -0.39 is 7.32 Å². The third-order valence-electron chi connectivity index (χ3n) is 2.98. The van der Waals surface area contributed by atoms with Crippen molar-refractivity contribution in [1.82, 2.24) is 0 Å². The van der Waals surface area contributed by atoms with Crippen molar-refractivity contribution in [3.05, 3.63) is 29.8 Å². The number of benzene rings is 1. The molecule has 0 aliphatic heterocycles. The van der Waals surface area contributed by atoms with Gasteiger partial charge in [0.1, 0.15) is 5.75 Å². The molecule has 0 bridgehead atoms. The van der Waals surface area contributed by atoms with Gasteiger partial charge in [0.25, 0.3) is 0 Å². The predicted octanol–water partition coefficient (Wildman–Crippen LogP) is 2.94. The Balaban J connectivity index is 2.18. The molecule has 4 heteroatoms. The van der Waals surface area contributed by atoms with Crippen molar-refractivity contribution >= 4 is 7.32 Å². The van der Waals surface area contributed by atoms with Crippen molar-refractivity contribution in [2.45, 2.75) is 51.9 Å². The van der Waals surface area contributed by atoms with Crippen LogP contribution in [0.4, 0.5) is 0 Å². The average molecular weight is 250 g/mol. The standard InChI is InChI=1S/C14H23BO3/c1-2-3-4-5-6-7-8-13-9-11-14(12-10-13)18-15(16)17/h9-12,16-17H,2-8H2,1H3. The third kappa shape index (κ3) is 6.67. The zero-order chi connectivity index (χ0) is 13.2. The van der Waals surface area contributed by atoms with Gasteiger partial charge in [-0.2, -0.15) is 0 Å². The van der Waals surface area contributed by atoms with Crippen LogP contribution in [-0.2, 0) is 6.42 Å². The van der Waals surface area contributed by atoms with Crippen molar-refractivity contribution in [2.75, 3.05) is 0 Å². The highest BCUT2D eigenvalue weighted by Gasteiger charge is 2.10. The van der Waals surface area contributed by atoms with Crippen molar-refractivity contribution in [2.24, 2.45) is 0 Å². The molecule has 1 aromatic carbocycles. The minimum atomic E-state index is -1.74. The molecule has 0 fully saturated rings. The molecule has 2 N–H and O–H groups in total. The monoisotopic (exact) mass is 250 g/mol. The third-order valence-corrected chi connectivity index (χ3v) is 2.98. The summed E-state index contributed by atoms with van der Waals surface area (Å²) in [6.07, 6.45) is 8.88. The molecule has 0 saturated heterocycles. The van der Waals surface area contributed by atoms with E-state index in [1.165, 1.54) is 44.1 Å². The Labute approximate surface area is 110 Å². The molecule has 18 heavy (non-hydrogen) atoms. The molecule has 0 unspecified atom stereocenters. The smallest absolute Gasteiger partial charge is 0.512 e. The summed E-state index contributed by atoms with van der Waals surface area (Å²) in [6.45, 7) is 2.23. The Bertz CT molecular complexity index is 311. The van der Waals surface area contributed by atoms with Gasteiger partial charge in [0.15, 0.2) is 0 Å². The first-order chi connectivity index (χ1) is 8.72.